The second-order valence-corrected chi connectivity index (χ2v) is 10.1. The van der Waals surface area contributed by atoms with Gasteiger partial charge in [0.2, 0.25) is 0 Å². The highest BCUT2D eigenvalue weighted by Gasteiger charge is 2.25. The second-order valence-electron chi connectivity index (χ2n) is 9.03. The minimum absolute atomic E-state index is 0.0337. The molecule has 0 spiro atoms. The van der Waals surface area contributed by atoms with Crippen LogP contribution in [-0.4, -0.2) is 67.4 Å². The summed E-state index contributed by atoms with van der Waals surface area (Å²) in [4.78, 5) is 28.6. The molecule has 9 nitrogen and oxygen atoms in total. The van der Waals surface area contributed by atoms with Gasteiger partial charge in [0.1, 0.15) is 22.6 Å². The van der Waals surface area contributed by atoms with Crippen molar-refractivity contribution >= 4 is 62.5 Å². The molecule has 10 heteroatoms. The first-order chi connectivity index (χ1) is 16.9. The van der Waals surface area contributed by atoms with Crippen molar-refractivity contribution < 1.29 is 9.53 Å². The van der Waals surface area contributed by atoms with Gasteiger partial charge in [-0.3, -0.25) is 4.79 Å². The van der Waals surface area contributed by atoms with Crippen molar-refractivity contribution in [3.63, 3.8) is 0 Å². The van der Waals surface area contributed by atoms with E-state index >= 15 is 0 Å². The molecule has 1 fully saturated rings. The Morgan fingerprint density at radius 1 is 1.34 bits per heavy atom. The molecular formula is C25H29N7O2S. The fourth-order valence-corrected chi connectivity index (χ4v) is 5.65. The van der Waals surface area contributed by atoms with Crippen molar-refractivity contribution in [1.29, 1.82) is 0 Å². The number of likely N-dealkylation sites (N-methyl/N-ethyl adjacent to an activating group) is 1. The van der Waals surface area contributed by atoms with E-state index in [9.17, 15) is 4.79 Å². The molecule has 2 atom stereocenters. The Morgan fingerprint density at radius 2 is 2.20 bits per heavy atom. The summed E-state index contributed by atoms with van der Waals surface area (Å²) in [5.74, 6) is 0.925. The number of aliphatic imine (C=N–C) groups is 2. The number of thiophene rings is 1. The summed E-state index contributed by atoms with van der Waals surface area (Å²) in [5, 5.41) is 11.6. The molecule has 2 aliphatic rings. The van der Waals surface area contributed by atoms with E-state index in [1.165, 1.54) is 11.3 Å². The van der Waals surface area contributed by atoms with Crippen LogP contribution in [0, 0.1) is 0 Å². The number of nitrogens with one attached hydrogen (secondary N) is 3. The van der Waals surface area contributed by atoms with E-state index < -0.39 is 0 Å². The summed E-state index contributed by atoms with van der Waals surface area (Å²) in [6.45, 7) is 12.1. The molecular weight excluding hydrogens is 462 g/mol. The minimum atomic E-state index is -0.0408. The second kappa shape index (κ2) is 9.63. The van der Waals surface area contributed by atoms with Crippen LogP contribution < -0.4 is 16.0 Å². The van der Waals surface area contributed by atoms with Crippen LogP contribution in [0.4, 0.5) is 11.5 Å². The first kappa shape index (κ1) is 23.3. The van der Waals surface area contributed by atoms with Gasteiger partial charge in [-0.2, -0.15) is 4.99 Å². The lowest BCUT2D eigenvalue weighted by Crippen LogP contribution is -2.37. The SMILES string of the molecule is C=NC(=NC(=C)Nc1ccc2c(ccc3sc4c(c32)NC[C@@H](C)NC4=O)n1)OC1CCCN(C)C1. The molecule has 1 aromatic carbocycles. The molecule has 0 saturated carbocycles. The maximum Gasteiger partial charge on any atom is 0.318 e. The summed E-state index contributed by atoms with van der Waals surface area (Å²) in [6, 6.07) is 8.12. The zero-order valence-electron chi connectivity index (χ0n) is 19.9. The number of anilines is 2. The highest BCUT2D eigenvalue weighted by Crippen LogP contribution is 2.41. The third-order valence-corrected chi connectivity index (χ3v) is 7.34. The molecule has 182 valence electrons. The van der Waals surface area contributed by atoms with Crippen molar-refractivity contribution in [1.82, 2.24) is 15.2 Å². The Labute approximate surface area is 208 Å². The van der Waals surface area contributed by atoms with Gasteiger partial charge in [-0.25, -0.2) is 9.98 Å². The lowest BCUT2D eigenvalue weighted by Gasteiger charge is -2.29. The lowest BCUT2D eigenvalue weighted by molar-refractivity contribution is 0.0932. The van der Waals surface area contributed by atoms with Crippen LogP contribution in [0.25, 0.3) is 21.0 Å². The first-order valence-electron chi connectivity index (χ1n) is 11.7. The van der Waals surface area contributed by atoms with Gasteiger partial charge in [-0.1, -0.05) is 6.58 Å². The number of hydrogen-bond donors (Lipinski definition) is 3. The quantitative estimate of drug-likeness (QED) is 0.376. The van der Waals surface area contributed by atoms with Gasteiger partial charge in [0.05, 0.1) is 11.2 Å². The molecule has 0 radical (unpaired) electrons. The normalized spacial score (nSPS) is 21.1. The monoisotopic (exact) mass is 491 g/mol. The highest BCUT2D eigenvalue weighted by atomic mass is 32.1. The molecule has 0 aliphatic carbocycles. The van der Waals surface area contributed by atoms with Crippen LogP contribution in [-0.2, 0) is 4.74 Å². The number of rotatable bonds is 4. The molecule has 35 heavy (non-hydrogen) atoms. The Balaban J connectivity index is 1.38. The van der Waals surface area contributed by atoms with Gasteiger partial charge in [0.15, 0.2) is 0 Å². The topological polar surface area (TPSA) is 103 Å². The average molecular weight is 492 g/mol. The molecule has 4 heterocycles. The summed E-state index contributed by atoms with van der Waals surface area (Å²) >= 11 is 1.49. The third kappa shape index (κ3) is 4.85. The molecule has 2 aromatic heterocycles. The van der Waals surface area contributed by atoms with E-state index in [0.717, 1.165) is 52.6 Å². The number of carbonyl (C=O) groups is 1. The van der Waals surface area contributed by atoms with Gasteiger partial charge in [-0.05, 0) is 64.3 Å². The number of aromatic nitrogens is 1. The Morgan fingerprint density at radius 3 is 3.00 bits per heavy atom. The Bertz CT molecular complexity index is 1350. The van der Waals surface area contributed by atoms with Crippen LogP contribution in [0.3, 0.4) is 0 Å². The van der Waals surface area contributed by atoms with Gasteiger partial charge in [-0.15, -0.1) is 11.3 Å². The van der Waals surface area contributed by atoms with Crippen molar-refractivity contribution in [2.24, 2.45) is 9.98 Å². The van der Waals surface area contributed by atoms with E-state index in [4.69, 9.17) is 9.72 Å². The number of hydrogen-bond acceptors (Lipinski definition) is 8. The first-order valence-corrected chi connectivity index (χ1v) is 12.5. The number of amidine groups is 1. The van der Waals surface area contributed by atoms with Crippen molar-refractivity contribution in [3.05, 3.63) is 41.5 Å². The Hall–Kier alpha value is -3.50. The molecule has 1 amide bonds. The molecule has 3 N–H and O–H groups in total. The third-order valence-electron chi connectivity index (χ3n) is 6.18. The van der Waals surface area contributed by atoms with Crippen LogP contribution in [0.2, 0.25) is 0 Å². The fraction of sp³-hybridized carbons (Fsp3) is 0.360. The summed E-state index contributed by atoms with van der Waals surface area (Å²) in [7, 11) is 2.08. The maximum absolute atomic E-state index is 12.6. The number of ether oxygens (including phenoxy) is 1. The van der Waals surface area contributed by atoms with Gasteiger partial charge in [0.25, 0.3) is 5.91 Å². The van der Waals surface area contributed by atoms with Crippen molar-refractivity contribution in [3.8, 4) is 0 Å². The van der Waals surface area contributed by atoms with E-state index in [1.54, 1.807) is 0 Å². The standard InChI is InChI=1S/C25H29N7O2S/c1-14-12-27-22-21-17-7-10-20(31-18(17)8-9-19(21)35-23(22)24(33)28-14)29-15(2)30-25(26-3)34-16-6-5-11-32(4)13-16/h7-10,14,16,27H,2-3,5-6,11-13H2,1,4H3,(H,28,33)(H,29,31)/t14-,16?/m1/s1. The number of carbonyl (C=O) groups excluding carboxylic acids is 1. The number of nitrogens with zero attached hydrogens (tertiary/aromatic N) is 4. The zero-order valence-corrected chi connectivity index (χ0v) is 20.7. The lowest BCUT2D eigenvalue weighted by atomic mass is 10.1. The minimum Gasteiger partial charge on any atom is -0.459 e. The largest absolute Gasteiger partial charge is 0.459 e. The molecule has 2 aliphatic heterocycles. The molecule has 1 saturated heterocycles. The van der Waals surface area contributed by atoms with Crippen LogP contribution in [0.5, 0.6) is 0 Å². The molecule has 0 bridgehead atoms. The van der Waals surface area contributed by atoms with E-state index in [2.05, 4.69) is 51.2 Å². The smallest absolute Gasteiger partial charge is 0.318 e. The molecule has 5 rings (SSSR count). The van der Waals surface area contributed by atoms with Crippen molar-refractivity contribution in [2.45, 2.75) is 31.9 Å². The maximum atomic E-state index is 12.6. The van der Waals surface area contributed by atoms with Crippen molar-refractivity contribution in [2.75, 3.05) is 37.3 Å². The van der Waals surface area contributed by atoms with E-state index in [0.29, 0.717) is 23.1 Å². The van der Waals surface area contributed by atoms with Gasteiger partial charge < -0.3 is 25.6 Å². The predicted octanol–water partition coefficient (Wildman–Crippen LogP) is 4.04. The number of fused-ring (bicyclic) bond motifs is 5. The van der Waals surface area contributed by atoms with Crippen LogP contribution >= 0.6 is 11.3 Å². The average Bonchev–Trinajstić information content (AvgIpc) is 3.15. The van der Waals surface area contributed by atoms with Gasteiger partial charge in [0, 0.05) is 34.6 Å². The number of amides is 1. The zero-order chi connectivity index (χ0) is 24.5. The van der Waals surface area contributed by atoms with E-state index in [-0.39, 0.29) is 24.1 Å². The van der Waals surface area contributed by atoms with E-state index in [1.807, 2.05) is 31.2 Å². The van der Waals surface area contributed by atoms with Crippen LogP contribution in [0.15, 0.2) is 46.7 Å². The summed E-state index contributed by atoms with van der Waals surface area (Å²) in [6.07, 6.45) is 2.07. The number of piperidine rings is 1. The Kier molecular flexibility index (Phi) is 6.40. The molecule has 3 aromatic rings. The summed E-state index contributed by atoms with van der Waals surface area (Å²) in [5.41, 5.74) is 1.68. The number of pyridine rings is 1. The molecule has 1 unspecified atom stereocenters. The predicted molar refractivity (Wildman–Crippen MR) is 144 cm³/mol. The number of likely N-dealkylation sites (tertiary alicyclic amines) is 1. The highest BCUT2D eigenvalue weighted by molar-refractivity contribution is 7.21. The van der Waals surface area contributed by atoms with Crippen LogP contribution in [0.1, 0.15) is 29.4 Å². The summed E-state index contributed by atoms with van der Waals surface area (Å²) < 4.78 is 6.97. The van der Waals surface area contributed by atoms with Gasteiger partial charge >= 0.3 is 6.02 Å². The number of benzene rings is 1. The fourth-order valence-electron chi connectivity index (χ4n) is 4.55.